The highest BCUT2D eigenvalue weighted by Crippen LogP contribution is 2.26. The number of aryl methyl sites for hydroxylation is 3. The van der Waals surface area contributed by atoms with Crippen LogP contribution in [0.25, 0.3) is 0 Å². The zero-order valence-electron chi connectivity index (χ0n) is 16.8. The molecule has 2 atom stereocenters. The van der Waals surface area contributed by atoms with Crippen molar-refractivity contribution in [3.8, 4) is 5.75 Å². The molecule has 2 aromatic carbocycles. The maximum absolute atomic E-state index is 12.9. The van der Waals surface area contributed by atoms with E-state index in [9.17, 15) is 4.79 Å². The molecule has 0 fully saturated rings. The Morgan fingerprint density at radius 1 is 1.04 bits per heavy atom. The van der Waals surface area contributed by atoms with Crippen molar-refractivity contribution in [1.82, 2.24) is 5.32 Å². The molecule has 3 rings (SSSR count). The minimum atomic E-state index is -0.468. The third-order valence-electron chi connectivity index (χ3n) is 5.55. The van der Waals surface area contributed by atoms with E-state index < -0.39 is 6.10 Å². The van der Waals surface area contributed by atoms with Crippen LogP contribution in [0.4, 0.5) is 0 Å². The molecule has 0 bridgehead atoms. The summed E-state index contributed by atoms with van der Waals surface area (Å²) in [6, 6.07) is 14.6. The van der Waals surface area contributed by atoms with Gasteiger partial charge in [-0.25, -0.2) is 0 Å². The van der Waals surface area contributed by atoms with Gasteiger partial charge in [-0.3, -0.25) is 4.79 Å². The van der Waals surface area contributed by atoms with Crippen LogP contribution in [0.1, 0.15) is 67.8 Å². The van der Waals surface area contributed by atoms with Crippen LogP contribution >= 0.6 is 0 Å². The lowest BCUT2D eigenvalue weighted by molar-refractivity contribution is -0.128. The van der Waals surface area contributed by atoms with Gasteiger partial charge >= 0.3 is 0 Å². The molecule has 0 spiro atoms. The maximum Gasteiger partial charge on any atom is 0.261 e. The van der Waals surface area contributed by atoms with Gasteiger partial charge in [0, 0.05) is 0 Å². The van der Waals surface area contributed by atoms with Gasteiger partial charge < -0.3 is 10.1 Å². The monoisotopic (exact) mass is 365 g/mol. The summed E-state index contributed by atoms with van der Waals surface area (Å²) >= 11 is 0. The van der Waals surface area contributed by atoms with Crippen molar-refractivity contribution in [2.24, 2.45) is 0 Å². The fourth-order valence-electron chi connectivity index (χ4n) is 3.91. The van der Waals surface area contributed by atoms with Crippen molar-refractivity contribution in [3.05, 3.63) is 64.7 Å². The predicted molar refractivity (Wildman–Crippen MR) is 110 cm³/mol. The molecular weight excluding hydrogens is 334 g/mol. The predicted octanol–water partition coefficient (Wildman–Crippen LogP) is 5.30. The van der Waals surface area contributed by atoms with Gasteiger partial charge in [-0.15, -0.1) is 0 Å². The van der Waals surface area contributed by atoms with Crippen molar-refractivity contribution in [3.63, 3.8) is 0 Å². The van der Waals surface area contributed by atoms with Crippen molar-refractivity contribution < 1.29 is 9.53 Å². The molecule has 0 saturated heterocycles. The molecule has 2 aromatic rings. The molecule has 1 amide bonds. The summed E-state index contributed by atoms with van der Waals surface area (Å²) in [5.41, 5.74) is 5.18. The summed E-state index contributed by atoms with van der Waals surface area (Å²) in [6.45, 7) is 6.19. The minimum Gasteiger partial charge on any atom is -0.481 e. The normalized spacial score (nSPS) is 15.5. The van der Waals surface area contributed by atoms with E-state index in [2.05, 4.69) is 43.4 Å². The van der Waals surface area contributed by atoms with Crippen LogP contribution in [0, 0.1) is 6.92 Å². The summed E-state index contributed by atoms with van der Waals surface area (Å²) in [5.74, 6) is 0.770. The number of rotatable bonds is 7. The summed E-state index contributed by atoms with van der Waals surface area (Å²) < 4.78 is 6.09. The van der Waals surface area contributed by atoms with Gasteiger partial charge in [0.1, 0.15) is 5.75 Å². The maximum atomic E-state index is 12.9. The fourth-order valence-corrected chi connectivity index (χ4v) is 3.91. The fraction of sp³-hybridized carbons (Fsp3) is 0.458. The molecule has 0 saturated carbocycles. The van der Waals surface area contributed by atoms with Gasteiger partial charge in [0.25, 0.3) is 5.91 Å². The molecule has 0 aliphatic heterocycles. The van der Waals surface area contributed by atoms with Crippen molar-refractivity contribution in [2.45, 2.75) is 71.4 Å². The average Bonchev–Trinajstić information content (AvgIpc) is 2.70. The van der Waals surface area contributed by atoms with Gasteiger partial charge in [0.2, 0.25) is 0 Å². The van der Waals surface area contributed by atoms with Gasteiger partial charge in [-0.05, 0) is 79.8 Å². The summed E-state index contributed by atoms with van der Waals surface area (Å²) in [5, 5.41) is 3.19. The molecule has 0 heterocycles. The van der Waals surface area contributed by atoms with Crippen LogP contribution in [-0.4, -0.2) is 12.0 Å². The van der Waals surface area contributed by atoms with E-state index >= 15 is 0 Å². The van der Waals surface area contributed by atoms with E-state index in [0.29, 0.717) is 6.42 Å². The van der Waals surface area contributed by atoms with Crippen molar-refractivity contribution in [1.29, 1.82) is 0 Å². The highest BCUT2D eigenvalue weighted by atomic mass is 16.5. The highest BCUT2D eigenvalue weighted by molar-refractivity contribution is 5.81. The lowest BCUT2D eigenvalue weighted by atomic mass is 9.92. The van der Waals surface area contributed by atoms with Gasteiger partial charge in [-0.1, -0.05) is 44.2 Å². The molecule has 1 aliphatic carbocycles. The minimum absolute atomic E-state index is 0.0138. The van der Waals surface area contributed by atoms with E-state index in [0.717, 1.165) is 25.0 Å². The molecule has 144 valence electrons. The molecule has 27 heavy (non-hydrogen) atoms. The number of ether oxygens (including phenoxy) is 1. The third kappa shape index (κ3) is 4.71. The molecule has 0 unspecified atom stereocenters. The number of hydrogen-bond donors (Lipinski definition) is 1. The Morgan fingerprint density at radius 2 is 1.78 bits per heavy atom. The summed E-state index contributed by atoms with van der Waals surface area (Å²) in [6.07, 6.45) is 5.80. The number of carbonyl (C=O) groups is 1. The van der Waals surface area contributed by atoms with E-state index in [1.807, 2.05) is 25.1 Å². The standard InChI is InChI=1S/C24H31NO2/c1-4-22(21-13-9-6-10-17(21)3)25-24(26)23(5-2)27-20-15-14-18-11-7-8-12-19(18)16-20/h6,9-10,13-16,22-23H,4-5,7-8,11-12H2,1-3H3,(H,25,26)/t22-,23+/m1/s1. The first-order chi connectivity index (χ1) is 13.1. The molecule has 0 aromatic heterocycles. The second kappa shape index (κ2) is 9.07. The number of benzene rings is 2. The molecule has 0 radical (unpaired) electrons. The average molecular weight is 366 g/mol. The lowest BCUT2D eigenvalue weighted by Gasteiger charge is -2.24. The number of hydrogen-bond acceptors (Lipinski definition) is 2. The molecule has 3 heteroatoms. The van der Waals surface area contributed by atoms with E-state index in [4.69, 9.17) is 4.74 Å². The van der Waals surface area contributed by atoms with Crippen molar-refractivity contribution >= 4 is 5.91 Å². The quantitative estimate of drug-likeness (QED) is 0.723. The van der Waals surface area contributed by atoms with E-state index in [1.54, 1.807) is 0 Å². The van der Waals surface area contributed by atoms with Crippen LogP contribution in [0.5, 0.6) is 5.75 Å². The van der Waals surface area contributed by atoms with Gasteiger partial charge in [0.15, 0.2) is 6.10 Å². The highest BCUT2D eigenvalue weighted by Gasteiger charge is 2.23. The molecule has 1 aliphatic rings. The SMILES string of the molecule is CC[C@H](Oc1ccc2c(c1)CCCC2)C(=O)N[C@H](CC)c1ccccc1C. The van der Waals surface area contributed by atoms with Crippen LogP contribution in [0.15, 0.2) is 42.5 Å². The van der Waals surface area contributed by atoms with Crippen molar-refractivity contribution in [2.75, 3.05) is 0 Å². The topological polar surface area (TPSA) is 38.3 Å². The largest absolute Gasteiger partial charge is 0.481 e. The van der Waals surface area contributed by atoms with Crippen LogP contribution in [0.2, 0.25) is 0 Å². The Hall–Kier alpha value is -2.29. The molecule has 1 N–H and O–H groups in total. The number of amides is 1. The van der Waals surface area contributed by atoms with Crippen LogP contribution in [0.3, 0.4) is 0 Å². The van der Waals surface area contributed by atoms with E-state index in [1.165, 1.54) is 35.1 Å². The Bertz CT molecular complexity index is 784. The number of nitrogens with one attached hydrogen (secondary N) is 1. The number of carbonyl (C=O) groups excluding carboxylic acids is 1. The first-order valence-corrected chi connectivity index (χ1v) is 10.3. The summed E-state index contributed by atoms with van der Waals surface area (Å²) in [4.78, 5) is 12.9. The molecular formula is C24H31NO2. The molecule has 3 nitrogen and oxygen atoms in total. The van der Waals surface area contributed by atoms with Crippen LogP contribution in [-0.2, 0) is 17.6 Å². The Kier molecular flexibility index (Phi) is 6.54. The third-order valence-corrected chi connectivity index (χ3v) is 5.55. The summed E-state index contributed by atoms with van der Waals surface area (Å²) in [7, 11) is 0. The second-order valence-corrected chi connectivity index (χ2v) is 7.48. The Morgan fingerprint density at radius 3 is 2.48 bits per heavy atom. The first-order valence-electron chi connectivity index (χ1n) is 10.3. The van der Waals surface area contributed by atoms with Crippen LogP contribution < -0.4 is 10.1 Å². The second-order valence-electron chi connectivity index (χ2n) is 7.48. The van der Waals surface area contributed by atoms with Gasteiger partial charge in [-0.2, -0.15) is 0 Å². The van der Waals surface area contributed by atoms with Gasteiger partial charge in [0.05, 0.1) is 6.04 Å². The first kappa shape index (κ1) is 19.5. The zero-order chi connectivity index (χ0) is 19.2. The van der Waals surface area contributed by atoms with E-state index in [-0.39, 0.29) is 11.9 Å². The Balaban J connectivity index is 1.69. The Labute approximate surface area is 163 Å². The number of fused-ring (bicyclic) bond motifs is 1. The lowest BCUT2D eigenvalue weighted by Crippen LogP contribution is -2.40. The zero-order valence-corrected chi connectivity index (χ0v) is 16.8. The smallest absolute Gasteiger partial charge is 0.261 e.